The van der Waals surface area contributed by atoms with E-state index in [0.717, 1.165) is 128 Å². The predicted octanol–water partition coefficient (Wildman–Crippen LogP) is 23.8. The van der Waals surface area contributed by atoms with Gasteiger partial charge in [-0.1, -0.05) is 297 Å². The number of allylic oxidation sites excluding steroid dienone is 18. The fourth-order valence-electron chi connectivity index (χ4n) is 9.58. The maximum absolute atomic E-state index is 12.9. The minimum Gasteiger partial charge on any atom is -0.462 e. The molecule has 0 rings (SSSR count). The molecule has 0 radical (unpaired) electrons. The van der Waals surface area contributed by atoms with Gasteiger partial charge in [0.25, 0.3) is 0 Å². The molecule has 0 aromatic carbocycles. The number of esters is 3. The van der Waals surface area contributed by atoms with Gasteiger partial charge in [0.05, 0.1) is 0 Å². The maximum atomic E-state index is 12.9. The Balaban J connectivity index is 4.15. The summed E-state index contributed by atoms with van der Waals surface area (Å²) in [7, 11) is 0. The van der Waals surface area contributed by atoms with Crippen molar-refractivity contribution in [3.63, 3.8) is 0 Å². The summed E-state index contributed by atoms with van der Waals surface area (Å²) in [5.74, 6) is -0.896. The first-order valence-electron chi connectivity index (χ1n) is 34.4. The Hall–Kier alpha value is -3.93. The van der Waals surface area contributed by atoms with Crippen molar-refractivity contribution in [3.05, 3.63) is 109 Å². The molecule has 0 aromatic rings. The molecular formula is C75H128O6. The Morgan fingerprint density at radius 3 is 0.802 bits per heavy atom. The molecule has 0 saturated heterocycles. The zero-order chi connectivity index (χ0) is 58.5. The Morgan fingerprint density at radius 1 is 0.259 bits per heavy atom. The van der Waals surface area contributed by atoms with E-state index in [0.29, 0.717) is 19.3 Å². The highest BCUT2D eigenvalue weighted by atomic mass is 16.6. The van der Waals surface area contributed by atoms with Gasteiger partial charge in [-0.15, -0.1) is 0 Å². The minimum atomic E-state index is -0.788. The summed E-state index contributed by atoms with van der Waals surface area (Å²) in [6.45, 7) is 6.48. The van der Waals surface area contributed by atoms with Gasteiger partial charge in [0.15, 0.2) is 6.10 Å². The standard InChI is InChI=1S/C75H128O6/c1-4-7-10-13-16-19-22-25-28-29-30-31-32-33-34-35-36-37-38-39-40-41-42-43-44-45-46-47-48-51-53-56-59-62-65-68-74(77)80-71-72(81-75(78)69-66-63-60-57-54-50-27-24-21-18-15-12-9-6-3)70-79-73(76)67-64-61-58-55-52-49-26-23-20-17-14-11-8-5-2/h7,10,15-16,18-19,23-28,30-31,33-34,36-37,72H,4-6,8-9,11-14,17,20-22,29,32,35,38-71H2,1-3H3/b10-7-,18-15-,19-16-,26-23-,27-24-,28-25-,31-30-,34-33-,37-36-. The molecule has 0 aliphatic rings. The fourth-order valence-corrected chi connectivity index (χ4v) is 9.58. The Morgan fingerprint density at radius 2 is 0.494 bits per heavy atom. The molecule has 0 saturated carbocycles. The van der Waals surface area contributed by atoms with Crippen LogP contribution in [0.25, 0.3) is 0 Å². The van der Waals surface area contributed by atoms with E-state index in [1.807, 2.05) is 0 Å². The van der Waals surface area contributed by atoms with Crippen LogP contribution in [0, 0.1) is 0 Å². The molecule has 6 nitrogen and oxygen atoms in total. The predicted molar refractivity (Wildman–Crippen MR) is 353 cm³/mol. The molecule has 0 fully saturated rings. The van der Waals surface area contributed by atoms with Crippen LogP contribution in [-0.4, -0.2) is 37.2 Å². The average molecular weight is 1130 g/mol. The van der Waals surface area contributed by atoms with Crippen LogP contribution in [0.5, 0.6) is 0 Å². The molecule has 6 heteroatoms. The summed E-state index contributed by atoms with van der Waals surface area (Å²) < 4.78 is 16.9. The average Bonchev–Trinajstić information content (AvgIpc) is 3.47. The van der Waals surface area contributed by atoms with Crippen LogP contribution in [0.1, 0.15) is 329 Å². The third-order valence-corrected chi connectivity index (χ3v) is 14.7. The van der Waals surface area contributed by atoms with Gasteiger partial charge >= 0.3 is 17.9 Å². The van der Waals surface area contributed by atoms with Crippen LogP contribution in [0.3, 0.4) is 0 Å². The monoisotopic (exact) mass is 1120 g/mol. The van der Waals surface area contributed by atoms with Gasteiger partial charge < -0.3 is 14.2 Å². The van der Waals surface area contributed by atoms with E-state index in [-0.39, 0.29) is 31.1 Å². The first-order valence-corrected chi connectivity index (χ1v) is 34.4. The molecule has 464 valence electrons. The molecule has 0 heterocycles. The normalized spacial score (nSPS) is 12.8. The smallest absolute Gasteiger partial charge is 0.306 e. The summed E-state index contributed by atoms with van der Waals surface area (Å²) in [4.78, 5) is 38.3. The largest absolute Gasteiger partial charge is 0.462 e. The quantitative estimate of drug-likeness (QED) is 0.0261. The zero-order valence-corrected chi connectivity index (χ0v) is 53.3. The third-order valence-electron chi connectivity index (χ3n) is 14.7. The van der Waals surface area contributed by atoms with Crippen molar-refractivity contribution in [2.24, 2.45) is 0 Å². The van der Waals surface area contributed by atoms with Crippen LogP contribution in [0.2, 0.25) is 0 Å². The van der Waals surface area contributed by atoms with E-state index in [2.05, 4.69) is 130 Å². The van der Waals surface area contributed by atoms with Crippen molar-refractivity contribution in [2.75, 3.05) is 13.2 Å². The number of carbonyl (C=O) groups is 3. The summed E-state index contributed by atoms with van der Waals surface area (Å²) in [6, 6.07) is 0. The van der Waals surface area contributed by atoms with E-state index in [9.17, 15) is 14.4 Å². The van der Waals surface area contributed by atoms with Crippen molar-refractivity contribution in [1.82, 2.24) is 0 Å². The van der Waals surface area contributed by atoms with Crippen LogP contribution < -0.4 is 0 Å². The van der Waals surface area contributed by atoms with E-state index >= 15 is 0 Å². The van der Waals surface area contributed by atoms with Crippen molar-refractivity contribution in [3.8, 4) is 0 Å². The van der Waals surface area contributed by atoms with E-state index in [1.165, 1.54) is 161 Å². The number of hydrogen-bond acceptors (Lipinski definition) is 6. The molecule has 0 bridgehead atoms. The SMILES string of the molecule is CC/C=C\C/C=C\C/C=C\C/C=C\C/C=C\C/C=C\CCCCCCCCCCCCCCCCCCC(=O)OCC(COC(=O)CCCCCCC/C=C\CCCCCCC)OC(=O)CCCCCCC/C=C\C/C=C\CCCC. The molecule has 0 spiro atoms. The van der Waals surface area contributed by atoms with Gasteiger partial charge in [-0.25, -0.2) is 0 Å². The van der Waals surface area contributed by atoms with E-state index < -0.39 is 6.10 Å². The number of carbonyl (C=O) groups excluding carboxylic acids is 3. The summed E-state index contributed by atoms with van der Waals surface area (Å²) >= 11 is 0. The summed E-state index contributed by atoms with van der Waals surface area (Å²) in [5.41, 5.74) is 0. The minimum absolute atomic E-state index is 0.0838. The highest BCUT2D eigenvalue weighted by molar-refractivity contribution is 5.71. The zero-order valence-electron chi connectivity index (χ0n) is 53.3. The van der Waals surface area contributed by atoms with Crippen LogP contribution in [0.15, 0.2) is 109 Å². The number of rotatable bonds is 62. The molecule has 0 aliphatic carbocycles. The van der Waals surface area contributed by atoms with Crippen molar-refractivity contribution in [1.29, 1.82) is 0 Å². The lowest BCUT2D eigenvalue weighted by atomic mass is 10.0. The van der Waals surface area contributed by atoms with Gasteiger partial charge in [-0.3, -0.25) is 14.4 Å². The van der Waals surface area contributed by atoms with Crippen LogP contribution in [0.4, 0.5) is 0 Å². The maximum Gasteiger partial charge on any atom is 0.306 e. The Kier molecular flexibility index (Phi) is 65.2. The van der Waals surface area contributed by atoms with Gasteiger partial charge in [0.1, 0.15) is 13.2 Å². The first kappa shape index (κ1) is 77.1. The van der Waals surface area contributed by atoms with Gasteiger partial charge in [0.2, 0.25) is 0 Å². The summed E-state index contributed by atoms with van der Waals surface area (Å²) in [5, 5.41) is 0. The number of unbranched alkanes of at least 4 members (excludes halogenated alkanes) is 33. The number of hydrogen-bond donors (Lipinski definition) is 0. The van der Waals surface area contributed by atoms with Crippen molar-refractivity contribution < 1.29 is 28.6 Å². The molecule has 0 amide bonds. The second-order valence-electron chi connectivity index (χ2n) is 22.7. The fraction of sp³-hybridized carbons (Fsp3) is 0.720. The van der Waals surface area contributed by atoms with Crippen molar-refractivity contribution >= 4 is 17.9 Å². The second kappa shape index (κ2) is 68.6. The van der Waals surface area contributed by atoms with E-state index in [1.54, 1.807) is 0 Å². The first-order chi connectivity index (χ1) is 40.0. The lowest BCUT2D eigenvalue weighted by molar-refractivity contribution is -0.167. The summed E-state index contributed by atoms with van der Waals surface area (Å²) in [6.07, 6.45) is 94.0. The van der Waals surface area contributed by atoms with Crippen molar-refractivity contribution in [2.45, 2.75) is 335 Å². The lowest BCUT2D eigenvalue weighted by Gasteiger charge is -2.18. The molecule has 81 heavy (non-hydrogen) atoms. The lowest BCUT2D eigenvalue weighted by Crippen LogP contribution is -2.30. The van der Waals surface area contributed by atoms with Crippen LogP contribution >= 0.6 is 0 Å². The highest BCUT2D eigenvalue weighted by Crippen LogP contribution is 2.17. The van der Waals surface area contributed by atoms with Gasteiger partial charge in [0, 0.05) is 19.3 Å². The molecule has 1 atom stereocenters. The highest BCUT2D eigenvalue weighted by Gasteiger charge is 2.19. The Labute approximate surface area is 501 Å². The van der Waals surface area contributed by atoms with E-state index in [4.69, 9.17) is 14.2 Å². The third kappa shape index (κ3) is 66.8. The topological polar surface area (TPSA) is 78.9 Å². The molecule has 0 aliphatic heterocycles. The Bertz CT molecular complexity index is 1620. The molecule has 0 N–H and O–H groups in total. The van der Waals surface area contributed by atoms with Gasteiger partial charge in [-0.2, -0.15) is 0 Å². The van der Waals surface area contributed by atoms with Gasteiger partial charge in [-0.05, 0) is 122 Å². The molecular weight excluding hydrogens is 997 g/mol. The molecule has 1 unspecified atom stereocenters. The molecule has 0 aromatic heterocycles. The number of ether oxygens (including phenoxy) is 3. The second-order valence-corrected chi connectivity index (χ2v) is 22.7. The van der Waals surface area contributed by atoms with Crippen LogP contribution in [-0.2, 0) is 28.6 Å².